The Hall–Kier alpha value is -1.77. The standard InChI is InChI=1S/C17H25N3/c1-5-20-12-17(11-18-20)19-14(4)16-8-6-15(7-9-16)10-13(2)3/h6-9,11-14,19H,5,10H2,1-4H3. The van der Waals surface area contributed by atoms with Gasteiger partial charge in [-0.15, -0.1) is 0 Å². The van der Waals surface area contributed by atoms with Crippen LogP contribution in [0.1, 0.15) is 44.9 Å². The molecule has 0 aliphatic heterocycles. The molecule has 1 aromatic heterocycles. The van der Waals surface area contributed by atoms with Crippen molar-refractivity contribution in [1.82, 2.24) is 9.78 Å². The minimum Gasteiger partial charge on any atom is -0.376 e. The molecule has 1 heterocycles. The van der Waals surface area contributed by atoms with Crippen LogP contribution in [0.4, 0.5) is 5.69 Å². The fourth-order valence-corrected chi connectivity index (χ4v) is 2.36. The van der Waals surface area contributed by atoms with E-state index in [0.717, 1.165) is 18.7 Å². The van der Waals surface area contributed by atoms with Crippen LogP contribution < -0.4 is 5.32 Å². The molecule has 0 saturated heterocycles. The predicted octanol–water partition coefficient (Wildman–Crippen LogP) is 4.27. The van der Waals surface area contributed by atoms with E-state index in [1.807, 2.05) is 17.1 Å². The molecule has 108 valence electrons. The highest BCUT2D eigenvalue weighted by atomic mass is 15.3. The van der Waals surface area contributed by atoms with E-state index in [1.165, 1.54) is 11.1 Å². The number of aryl methyl sites for hydroxylation is 1. The molecular formula is C17H25N3. The molecule has 1 atom stereocenters. The van der Waals surface area contributed by atoms with Crippen molar-refractivity contribution in [3.63, 3.8) is 0 Å². The highest BCUT2D eigenvalue weighted by molar-refractivity contribution is 5.41. The Morgan fingerprint density at radius 2 is 1.85 bits per heavy atom. The number of benzene rings is 1. The number of aromatic nitrogens is 2. The molecule has 0 bridgehead atoms. The summed E-state index contributed by atoms with van der Waals surface area (Å²) in [6.07, 6.45) is 5.07. The van der Waals surface area contributed by atoms with Gasteiger partial charge in [0.05, 0.1) is 11.9 Å². The smallest absolute Gasteiger partial charge is 0.0731 e. The van der Waals surface area contributed by atoms with Crippen LogP contribution in [0.2, 0.25) is 0 Å². The molecule has 2 rings (SSSR count). The molecule has 3 heteroatoms. The lowest BCUT2D eigenvalue weighted by Gasteiger charge is -2.15. The van der Waals surface area contributed by atoms with E-state index in [4.69, 9.17) is 0 Å². The lowest BCUT2D eigenvalue weighted by molar-refractivity contribution is 0.647. The van der Waals surface area contributed by atoms with Crippen LogP contribution in [-0.2, 0) is 13.0 Å². The van der Waals surface area contributed by atoms with Gasteiger partial charge >= 0.3 is 0 Å². The van der Waals surface area contributed by atoms with E-state index in [1.54, 1.807) is 0 Å². The Balaban J connectivity index is 1.99. The Kier molecular flexibility index (Phi) is 4.83. The maximum Gasteiger partial charge on any atom is 0.0731 e. The molecule has 0 fully saturated rings. The number of nitrogens with one attached hydrogen (secondary N) is 1. The topological polar surface area (TPSA) is 29.9 Å². The molecule has 1 unspecified atom stereocenters. The van der Waals surface area contributed by atoms with E-state index < -0.39 is 0 Å². The molecule has 0 radical (unpaired) electrons. The van der Waals surface area contributed by atoms with Gasteiger partial charge in [-0.05, 0) is 37.3 Å². The summed E-state index contributed by atoms with van der Waals surface area (Å²) >= 11 is 0. The van der Waals surface area contributed by atoms with E-state index in [-0.39, 0.29) is 6.04 Å². The van der Waals surface area contributed by atoms with Crippen molar-refractivity contribution >= 4 is 5.69 Å². The number of hydrogen-bond donors (Lipinski definition) is 1. The summed E-state index contributed by atoms with van der Waals surface area (Å²) in [5.41, 5.74) is 3.79. The summed E-state index contributed by atoms with van der Waals surface area (Å²) in [7, 11) is 0. The SMILES string of the molecule is CCn1cc(NC(C)c2ccc(CC(C)C)cc2)cn1. The van der Waals surface area contributed by atoms with Gasteiger partial charge in [0.15, 0.2) is 0 Å². The fraction of sp³-hybridized carbons (Fsp3) is 0.471. The van der Waals surface area contributed by atoms with Gasteiger partial charge < -0.3 is 5.32 Å². The van der Waals surface area contributed by atoms with Crippen LogP contribution in [-0.4, -0.2) is 9.78 Å². The Bertz CT molecular complexity index is 525. The van der Waals surface area contributed by atoms with Crippen molar-refractivity contribution < 1.29 is 0 Å². The summed E-state index contributed by atoms with van der Waals surface area (Å²) in [5, 5.41) is 7.77. The molecule has 3 nitrogen and oxygen atoms in total. The monoisotopic (exact) mass is 271 g/mol. The predicted molar refractivity (Wildman–Crippen MR) is 84.9 cm³/mol. The first-order valence-corrected chi connectivity index (χ1v) is 7.46. The van der Waals surface area contributed by atoms with E-state index in [2.05, 4.69) is 62.4 Å². The first-order valence-electron chi connectivity index (χ1n) is 7.46. The van der Waals surface area contributed by atoms with E-state index in [0.29, 0.717) is 5.92 Å². The Morgan fingerprint density at radius 1 is 1.15 bits per heavy atom. The second-order valence-electron chi connectivity index (χ2n) is 5.79. The maximum absolute atomic E-state index is 4.28. The molecule has 0 amide bonds. The molecule has 0 saturated carbocycles. The molecule has 0 aliphatic rings. The van der Waals surface area contributed by atoms with Gasteiger partial charge in [0, 0.05) is 18.8 Å². The summed E-state index contributed by atoms with van der Waals surface area (Å²) in [6, 6.07) is 9.21. The zero-order valence-corrected chi connectivity index (χ0v) is 12.9. The summed E-state index contributed by atoms with van der Waals surface area (Å²) in [6.45, 7) is 9.68. The van der Waals surface area contributed by atoms with Crippen molar-refractivity contribution in [2.75, 3.05) is 5.32 Å². The van der Waals surface area contributed by atoms with Gasteiger partial charge in [0.1, 0.15) is 0 Å². The molecule has 1 aromatic carbocycles. The fourth-order valence-electron chi connectivity index (χ4n) is 2.36. The van der Waals surface area contributed by atoms with Crippen LogP contribution in [0.3, 0.4) is 0 Å². The highest BCUT2D eigenvalue weighted by Crippen LogP contribution is 2.20. The lowest BCUT2D eigenvalue weighted by Crippen LogP contribution is -2.06. The van der Waals surface area contributed by atoms with Gasteiger partial charge in [0.2, 0.25) is 0 Å². The Labute approximate surface area is 122 Å². The van der Waals surface area contributed by atoms with Crippen LogP contribution >= 0.6 is 0 Å². The van der Waals surface area contributed by atoms with Crippen molar-refractivity contribution in [2.24, 2.45) is 5.92 Å². The van der Waals surface area contributed by atoms with Gasteiger partial charge in [-0.3, -0.25) is 4.68 Å². The average molecular weight is 271 g/mol. The van der Waals surface area contributed by atoms with Crippen LogP contribution in [0.25, 0.3) is 0 Å². The Morgan fingerprint density at radius 3 is 2.40 bits per heavy atom. The molecule has 0 spiro atoms. The van der Waals surface area contributed by atoms with E-state index >= 15 is 0 Å². The summed E-state index contributed by atoms with van der Waals surface area (Å²) < 4.78 is 1.93. The minimum atomic E-state index is 0.289. The van der Waals surface area contributed by atoms with Gasteiger partial charge in [-0.25, -0.2) is 0 Å². The quantitative estimate of drug-likeness (QED) is 0.850. The van der Waals surface area contributed by atoms with Crippen molar-refractivity contribution in [3.05, 3.63) is 47.8 Å². The van der Waals surface area contributed by atoms with Crippen molar-refractivity contribution in [3.8, 4) is 0 Å². The normalized spacial score (nSPS) is 12.7. The second kappa shape index (κ2) is 6.60. The van der Waals surface area contributed by atoms with Crippen molar-refractivity contribution in [1.29, 1.82) is 0 Å². The number of hydrogen-bond acceptors (Lipinski definition) is 2. The largest absolute Gasteiger partial charge is 0.376 e. The van der Waals surface area contributed by atoms with Crippen LogP contribution in [0.5, 0.6) is 0 Å². The number of rotatable bonds is 6. The summed E-state index contributed by atoms with van der Waals surface area (Å²) in [5.74, 6) is 0.705. The van der Waals surface area contributed by atoms with Gasteiger partial charge in [-0.1, -0.05) is 38.1 Å². The van der Waals surface area contributed by atoms with Gasteiger partial charge in [-0.2, -0.15) is 5.10 Å². The third-order valence-electron chi connectivity index (χ3n) is 3.46. The molecule has 2 aromatic rings. The molecule has 20 heavy (non-hydrogen) atoms. The zero-order chi connectivity index (χ0) is 14.5. The zero-order valence-electron chi connectivity index (χ0n) is 12.9. The lowest BCUT2D eigenvalue weighted by atomic mass is 10.00. The van der Waals surface area contributed by atoms with Crippen molar-refractivity contribution in [2.45, 2.75) is 46.7 Å². The second-order valence-corrected chi connectivity index (χ2v) is 5.79. The third kappa shape index (κ3) is 3.86. The van der Waals surface area contributed by atoms with Crippen LogP contribution in [0, 0.1) is 5.92 Å². The first-order chi connectivity index (χ1) is 9.58. The number of nitrogens with zero attached hydrogens (tertiary/aromatic N) is 2. The highest BCUT2D eigenvalue weighted by Gasteiger charge is 2.07. The minimum absolute atomic E-state index is 0.289. The molecule has 0 aliphatic carbocycles. The van der Waals surface area contributed by atoms with Crippen LogP contribution in [0.15, 0.2) is 36.7 Å². The summed E-state index contributed by atoms with van der Waals surface area (Å²) in [4.78, 5) is 0. The first kappa shape index (κ1) is 14.6. The molecular weight excluding hydrogens is 246 g/mol. The van der Waals surface area contributed by atoms with Gasteiger partial charge in [0.25, 0.3) is 0 Å². The van der Waals surface area contributed by atoms with E-state index in [9.17, 15) is 0 Å². The molecule has 1 N–H and O–H groups in total. The maximum atomic E-state index is 4.28. The third-order valence-corrected chi connectivity index (χ3v) is 3.46. The number of anilines is 1. The average Bonchev–Trinajstić information content (AvgIpc) is 2.86.